The van der Waals surface area contributed by atoms with Crippen molar-refractivity contribution < 1.29 is 0 Å². The molecule has 7 aromatic rings. The number of rotatable bonds is 0. The maximum Gasteiger partial charge on any atom is 0.332 e. The SMILES string of the molecule is CC(C)(C)c1ccc2c3c1B1c4c(cccc4N3c3cccc4c3B2n2ccc3cccc-4c32)-c2cccc3ccn1c23. The van der Waals surface area contributed by atoms with E-state index < -0.39 is 0 Å². The fraction of sp³-hybridized carbons (Fsp3) is 0.105. The van der Waals surface area contributed by atoms with Gasteiger partial charge in [0.1, 0.15) is 0 Å². The van der Waals surface area contributed by atoms with E-state index in [-0.39, 0.29) is 19.1 Å². The number of fused-ring (bicyclic) bond motifs is 8. The minimum Gasteiger partial charge on any atom is -0.382 e. The molecule has 6 heterocycles. The van der Waals surface area contributed by atoms with Crippen LogP contribution in [0.2, 0.25) is 0 Å². The maximum atomic E-state index is 2.63. The summed E-state index contributed by atoms with van der Waals surface area (Å²) in [5, 5.41) is 2.62. The van der Waals surface area contributed by atoms with Crippen LogP contribution >= 0.6 is 0 Å². The Hall–Kier alpha value is -4.89. The molecule has 0 spiro atoms. The molecule has 200 valence electrons. The second kappa shape index (κ2) is 7.18. The van der Waals surface area contributed by atoms with Crippen LogP contribution in [0.15, 0.2) is 109 Å². The summed E-state index contributed by atoms with van der Waals surface area (Å²) < 4.78 is 5.13. The van der Waals surface area contributed by atoms with E-state index in [1.165, 1.54) is 88.5 Å². The van der Waals surface area contributed by atoms with Crippen LogP contribution in [0.25, 0.3) is 44.1 Å². The Bertz CT molecular complexity index is 2410. The van der Waals surface area contributed by atoms with Gasteiger partial charge < -0.3 is 13.9 Å². The molecule has 5 aromatic carbocycles. The zero-order valence-corrected chi connectivity index (χ0v) is 24.4. The van der Waals surface area contributed by atoms with Gasteiger partial charge in [-0.25, -0.2) is 0 Å². The number of aromatic nitrogens is 2. The van der Waals surface area contributed by atoms with Crippen molar-refractivity contribution >= 4 is 74.4 Å². The molecule has 0 unspecified atom stereocenters. The second-order valence-electron chi connectivity index (χ2n) is 13.8. The number of para-hydroxylation sites is 2. The topological polar surface area (TPSA) is 13.1 Å². The molecule has 4 aliphatic heterocycles. The molecule has 0 atom stereocenters. The van der Waals surface area contributed by atoms with E-state index >= 15 is 0 Å². The lowest BCUT2D eigenvalue weighted by Gasteiger charge is -2.48. The van der Waals surface area contributed by atoms with Crippen LogP contribution in [0.4, 0.5) is 17.1 Å². The Morgan fingerprint density at radius 3 is 1.65 bits per heavy atom. The molecular formula is C38H27B2N3. The number of benzene rings is 5. The average Bonchev–Trinajstić information content (AvgIpc) is 3.65. The van der Waals surface area contributed by atoms with Gasteiger partial charge in [0.2, 0.25) is 0 Å². The van der Waals surface area contributed by atoms with Crippen LogP contribution in [-0.2, 0) is 5.41 Å². The molecule has 4 aliphatic rings. The minimum atomic E-state index is -0.0201. The smallest absolute Gasteiger partial charge is 0.332 e. The van der Waals surface area contributed by atoms with Gasteiger partial charge in [-0.3, -0.25) is 0 Å². The summed E-state index contributed by atoms with van der Waals surface area (Å²) in [6, 6.07) is 37.0. The van der Waals surface area contributed by atoms with E-state index in [2.05, 4.69) is 144 Å². The highest BCUT2D eigenvalue weighted by atomic mass is 15.2. The lowest BCUT2D eigenvalue weighted by molar-refractivity contribution is 0.594. The lowest BCUT2D eigenvalue weighted by atomic mass is 9.38. The first-order chi connectivity index (χ1) is 21.0. The van der Waals surface area contributed by atoms with E-state index in [1.807, 2.05) is 0 Å². The number of anilines is 3. The first-order valence-electron chi connectivity index (χ1n) is 15.4. The quantitative estimate of drug-likeness (QED) is 0.205. The first kappa shape index (κ1) is 22.7. The summed E-state index contributed by atoms with van der Waals surface area (Å²) in [7, 11) is 0. The monoisotopic (exact) mass is 547 g/mol. The Balaban J connectivity index is 1.36. The Kier molecular flexibility index (Phi) is 3.78. The molecule has 2 aromatic heterocycles. The second-order valence-corrected chi connectivity index (χ2v) is 13.8. The van der Waals surface area contributed by atoms with Gasteiger partial charge in [0.05, 0.1) is 0 Å². The highest BCUT2D eigenvalue weighted by Gasteiger charge is 2.50. The predicted octanol–water partition coefficient (Wildman–Crippen LogP) is 6.26. The van der Waals surface area contributed by atoms with Crippen LogP contribution in [0.3, 0.4) is 0 Å². The fourth-order valence-corrected chi connectivity index (χ4v) is 9.11. The molecule has 3 nitrogen and oxygen atoms in total. The van der Waals surface area contributed by atoms with Crippen molar-refractivity contribution in [3.8, 4) is 22.3 Å². The van der Waals surface area contributed by atoms with E-state index in [0.29, 0.717) is 0 Å². The molecule has 0 radical (unpaired) electrons. The Labute approximate surface area is 251 Å². The van der Waals surface area contributed by atoms with E-state index in [0.717, 1.165) is 0 Å². The normalized spacial score (nSPS) is 14.7. The van der Waals surface area contributed by atoms with Crippen LogP contribution < -0.4 is 26.8 Å². The Morgan fingerprint density at radius 2 is 1.05 bits per heavy atom. The molecule has 0 aliphatic carbocycles. The first-order valence-corrected chi connectivity index (χ1v) is 15.4. The van der Waals surface area contributed by atoms with Gasteiger partial charge in [-0.2, -0.15) is 0 Å². The van der Waals surface area contributed by atoms with Crippen LogP contribution in [-0.4, -0.2) is 22.7 Å². The molecule has 0 bridgehead atoms. The highest BCUT2D eigenvalue weighted by molar-refractivity contribution is 6.94. The van der Waals surface area contributed by atoms with Gasteiger partial charge in [0, 0.05) is 39.2 Å². The molecule has 5 heteroatoms. The predicted molar refractivity (Wildman–Crippen MR) is 183 cm³/mol. The number of nitrogens with zero attached hydrogens (tertiary/aromatic N) is 3. The third-order valence-corrected chi connectivity index (χ3v) is 10.7. The van der Waals surface area contributed by atoms with Gasteiger partial charge in [-0.15, -0.1) is 0 Å². The largest absolute Gasteiger partial charge is 0.382 e. The average molecular weight is 547 g/mol. The van der Waals surface area contributed by atoms with Crippen molar-refractivity contribution in [3.05, 3.63) is 115 Å². The fourth-order valence-electron chi connectivity index (χ4n) is 9.11. The highest BCUT2D eigenvalue weighted by Crippen LogP contribution is 2.46. The molecule has 11 rings (SSSR count). The Morgan fingerprint density at radius 1 is 0.512 bits per heavy atom. The van der Waals surface area contributed by atoms with Crippen LogP contribution in [0.5, 0.6) is 0 Å². The third kappa shape index (κ3) is 2.47. The van der Waals surface area contributed by atoms with Gasteiger partial charge in [-0.1, -0.05) is 93.6 Å². The molecule has 0 N–H and O–H groups in total. The molecule has 0 saturated carbocycles. The number of hydrogen-bond acceptors (Lipinski definition) is 1. The molecule has 0 amide bonds. The molecular weight excluding hydrogens is 520 g/mol. The standard InChI is InChI=1S/C38H27B2N3/c1-38(2,3)28-16-17-29-37-34(28)40-33-25(27-13-5-9-23-19-21-42(40)36(23)27)11-7-15-31(33)43(37)30-14-6-10-24-26-12-4-8-22-18-20-41(35(22)26)39(29)32(24)30/h4-21H,1-3H3. The van der Waals surface area contributed by atoms with Crippen molar-refractivity contribution in [2.75, 3.05) is 4.90 Å². The summed E-state index contributed by atoms with van der Waals surface area (Å²) in [4.78, 5) is 2.63. The summed E-state index contributed by atoms with van der Waals surface area (Å²) in [6.45, 7) is 7.37. The number of hydrogen-bond donors (Lipinski definition) is 0. The molecule has 0 saturated heterocycles. The lowest BCUT2D eigenvalue weighted by Crippen LogP contribution is -2.65. The third-order valence-electron chi connectivity index (χ3n) is 10.7. The zero-order valence-electron chi connectivity index (χ0n) is 24.4. The van der Waals surface area contributed by atoms with E-state index in [9.17, 15) is 0 Å². The van der Waals surface area contributed by atoms with Gasteiger partial charge in [-0.05, 0) is 91.4 Å². The summed E-state index contributed by atoms with van der Waals surface area (Å²) in [6.07, 6.45) is 4.65. The maximum absolute atomic E-state index is 2.63. The van der Waals surface area contributed by atoms with Crippen LogP contribution in [0.1, 0.15) is 26.3 Å². The summed E-state index contributed by atoms with van der Waals surface area (Å²) in [5.41, 5.74) is 19.2. The van der Waals surface area contributed by atoms with Gasteiger partial charge >= 0.3 is 13.7 Å². The van der Waals surface area contributed by atoms with Crippen molar-refractivity contribution in [2.45, 2.75) is 26.2 Å². The van der Waals surface area contributed by atoms with Crippen molar-refractivity contribution in [3.63, 3.8) is 0 Å². The van der Waals surface area contributed by atoms with E-state index in [1.54, 1.807) is 0 Å². The minimum absolute atomic E-state index is 0.0201. The summed E-state index contributed by atoms with van der Waals surface area (Å²) >= 11 is 0. The van der Waals surface area contributed by atoms with Crippen LogP contribution in [0, 0.1) is 0 Å². The van der Waals surface area contributed by atoms with E-state index in [4.69, 9.17) is 0 Å². The summed E-state index contributed by atoms with van der Waals surface area (Å²) in [5.74, 6) is 0. The zero-order chi connectivity index (χ0) is 28.4. The van der Waals surface area contributed by atoms with Crippen molar-refractivity contribution in [2.24, 2.45) is 0 Å². The van der Waals surface area contributed by atoms with Gasteiger partial charge in [0.15, 0.2) is 0 Å². The molecule has 0 fully saturated rings. The van der Waals surface area contributed by atoms with Crippen molar-refractivity contribution in [1.29, 1.82) is 0 Å². The van der Waals surface area contributed by atoms with Crippen molar-refractivity contribution in [1.82, 2.24) is 8.96 Å². The van der Waals surface area contributed by atoms with Gasteiger partial charge in [0.25, 0.3) is 0 Å². The molecule has 43 heavy (non-hydrogen) atoms.